The molecule has 0 saturated heterocycles. The van der Waals surface area contributed by atoms with Gasteiger partial charge < -0.3 is 10.1 Å². The van der Waals surface area contributed by atoms with Gasteiger partial charge in [-0.1, -0.05) is 24.3 Å². The van der Waals surface area contributed by atoms with Crippen LogP contribution in [0.4, 0.5) is 11.4 Å². The number of methoxy groups -OCH3 is 1. The number of anilines is 2. The summed E-state index contributed by atoms with van der Waals surface area (Å²) in [5.74, 6) is 0.284. The molecule has 0 aromatic heterocycles. The Hall–Kier alpha value is -3.32. The molecular weight excluding hydrogens is 388 g/mol. The molecule has 3 rings (SSSR count). The molecular formula is C22H22N2O4S. The predicted octanol–water partition coefficient (Wildman–Crippen LogP) is 4.16. The minimum Gasteiger partial charge on any atom is -0.497 e. The Kier molecular flexibility index (Phi) is 6.19. The fraction of sp³-hybridized carbons (Fsp3) is 0.136. The first-order valence-electron chi connectivity index (χ1n) is 9.09. The Bertz CT molecular complexity index is 1080. The Balaban J connectivity index is 1.86. The lowest BCUT2D eigenvalue weighted by Crippen LogP contribution is -2.30. The third-order valence-corrected chi connectivity index (χ3v) is 6.26. The second kappa shape index (κ2) is 8.79. The van der Waals surface area contributed by atoms with Crippen molar-refractivity contribution in [1.82, 2.24) is 0 Å². The smallest absolute Gasteiger partial charge is 0.264 e. The third-order valence-electron chi connectivity index (χ3n) is 4.36. The zero-order valence-electron chi connectivity index (χ0n) is 16.2. The molecule has 29 heavy (non-hydrogen) atoms. The van der Waals surface area contributed by atoms with Crippen LogP contribution in [0.1, 0.15) is 17.3 Å². The van der Waals surface area contributed by atoms with E-state index >= 15 is 0 Å². The molecule has 150 valence electrons. The van der Waals surface area contributed by atoms with Gasteiger partial charge in [-0.25, -0.2) is 8.42 Å². The van der Waals surface area contributed by atoms with E-state index in [1.54, 1.807) is 74.7 Å². The van der Waals surface area contributed by atoms with Crippen molar-refractivity contribution in [2.24, 2.45) is 0 Å². The van der Waals surface area contributed by atoms with Crippen LogP contribution in [0, 0.1) is 0 Å². The number of hydrogen-bond acceptors (Lipinski definition) is 4. The molecule has 0 saturated carbocycles. The molecule has 0 aliphatic carbocycles. The number of para-hydroxylation sites is 1. The number of nitrogens with one attached hydrogen (secondary N) is 1. The molecule has 1 N–H and O–H groups in total. The van der Waals surface area contributed by atoms with E-state index in [9.17, 15) is 13.2 Å². The molecule has 0 radical (unpaired) electrons. The van der Waals surface area contributed by atoms with E-state index in [-0.39, 0.29) is 17.0 Å². The van der Waals surface area contributed by atoms with Gasteiger partial charge in [-0.2, -0.15) is 0 Å². The van der Waals surface area contributed by atoms with Crippen LogP contribution in [-0.4, -0.2) is 28.0 Å². The number of benzene rings is 3. The lowest BCUT2D eigenvalue weighted by molar-refractivity contribution is 0.102. The van der Waals surface area contributed by atoms with Crippen LogP contribution in [0.25, 0.3) is 0 Å². The second-order valence-corrected chi connectivity index (χ2v) is 8.08. The number of sulfonamides is 1. The van der Waals surface area contributed by atoms with Crippen molar-refractivity contribution in [2.75, 3.05) is 23.3 Å². The summed E-state index contributed by atoms with van der Waals surface area (Å²) >= 11 is 0. The van der Waals surface area contributed by atoms with Crippen molar-refractivity contribution in [3.05, 3.63) is 84.4 Å². The molecule has 0 fully saturated rings. The van der Waals surface area contributed by atoms with Crippen LogP contribution in [0.2, 0.25) is 0 Å². The largest absolute Gasteiger partial charge is 0.497 e. The number of carbonyl (C=O) groups is 1. The Morgan fingerprint density at radius 2 is 1.66 bits per heavy atom. The van der Waals surface area contributed by atoms with Crippen molar-refractivity contribution in [3.63, 3.8) is 0 Å². The number of carbonyl (C=O) groups excluding carboxylic acids is 1. The third kappa shape index (κ3) is 4.57. The van der Waals surface area contributed by atoms with Crippen molar-refractivity contribution >= 4 is 27.3 Å². The molecule has 1 amide bonds. The van der Waals surface area contributed by atoms with Crippen LogP contribution in [-0.2, 0) is 10.0 Å². The number of amides is 1. The van der Waals surface area contributed by atoms with Gasteiger partial charge in [0.25, 0.3) is 15.9 Å². The summed E-state index contributed by atoms with van der Waals surface area (Å²) in [6, 6.07) is 21.8. The highest BCUT2D eigenvalue weighted by atomic mass is 32.2. The standard InChI is InChI=1S/C22H22N2O4S/c1-3-24(19-9-5-4-6-10-19)29(26,27)21-11-7-8-17(16-21)22(25)23-18-12-14-20(28-2)15-13-18/h4-16H,3H2,1-2H3,(H,23,25). The van der Waals surface area contributed by atoms with E-state index in [2.05, 4.69) is 5.32 Å². The highest BCUT2D eigenvalue weighted by molar-refractivity contribution is 7.92. The fourth-order valence-corrected chi connectivity index (χ4v) is 4.41. The molecule has 0 spiro atoms. The number of hydrogen-bond donors (Lipinski definition) is 1. The molecule has 3 aromatic carbocycles. The van der Waals surface area contributed by atoms with E-state index in [4.69, 9.17) is 4.74 Å². The lowest BCUT2D eigenvalue weighted by atomic mass is 10.2. The molecule has 0 unspecified atom stereocenters. The van der Waals surface area contributed by atoms with Crippen molar-refractivity contribution in [3.8, 4) is 5.75 Å². The van der Waals surface area contributed by atoms with Gasteiger partial charge in [-0.3, -0.25) is 9.10 Å². The van der Waals surface area contributed by atoms with Crippen molar-refractivity contribution in [2.45, 2.75) is 11.8 Å². The molecule has 7 heteroatoms. The minimum absolute atomic E-state index is 0.0607. The van der Waals surface area contributed by atoms with Gasteiger partial charge in [0.2, 0.25) is 0 Å². The second-order valence-electron chi connectivity index (χ2n) is 6.22. The summed E-state index contributed by atoms with van der Waals surface area (Å²) in [5.41, 5.74) is 1.41. The van der Waals surface area contributed by atoms with Gasteiger partial charge in [-0.05, 0) is 61.5 Å². The molecule has 6 nitrogen and oxygen atoms in total. The Morgan fingerprint density at radius 3 is 2.28 bits per heavy atom. The maximum absolute atomic E-state index is 13.1. The maximum Gasteiger partial charge on any atom is 0.264 e. The first-order chi connectivity index (χ1) is 14.0. The topological polar surface area (TPSA) is 75.7 Å². The maximum atomic E-state index is 13.1. The minimum atomic E-state index is -3.81. The summed E-state index contributed by atoms with van der Waals surface area (Å²) in [4.78, 5) is 12.7. The fourth-order valence-electron chi connectivity index (χ4n) is 2.89. The average Bonchev–Trinajstić information content (AvgIpc) is 2.75. The zero-order valence-corrected chi connectivity index (χ0v) is 17.0. The predicted molar refractivity (Wildman–Crippen MR) is 114 cm³/mol. The zero-order chi connectivity index (χ0) is 20.9. The van der Waals surface area contributed by atoms with E-state index in [1.807, 2.05) is 6.07 Å². The van der Waals surface area contributed by atoms with Crippen LogP contribution >= 0.6 is 0 Å². The molecule has 0 bridgehead atoms. The van der Waals surface area contributed by atoms with Crippen LogP contribution in [0.5, 0.6) is 5.75 Å². The van der Waals surface area contributed by atoms with Crippen LogP contribution in [0.15, 0.2) is 83.8 Å². The first-order valence-corrected chi connectivity index (χ1v) is 10.5. The normalized spacial score (nSPS) is 11.0. The average molecular weight is 410 g/mol. The summed E-state index contributed by atoms with van der Waals surface area (Å²) in [6.07, 6.45) is 0. The van der Waals surface area contributed by atoms with E-state index < -0.39 is 15.9 Å². The number of nitrogens with zero attached hydrogens (tertiary/aromatic N) is 1. The summed E-state index contributed by atoms with van der Waals surface area (Å²) in [6.45, 7) is 2.04. The summed E-state index contributed by atoms with van der Waals surface area (Å²) in [7, 11) is -2.24. The first kappa shape index (κ1) is 20.4. The molecule has 0 aliphatic heterocycles. The van der Waals surface area contributed by atoms with Gasteiger partial charge in [-0.15, -0.1) is 0 Å². The van der Waals surface area contributed by atoms with E-state index in [0.29, 0.717) is 17.1 Å². The molecule has 3 aromatic rings. The van der Waals surface area contributed by atoms with Crippen molar-refractivity contribution in [1.29, 1.82) is 0 Å². The van der Waals surface area contributed by atoms with Crippen LogP contribution < -0.4 is 14.4 Å². The van der Waals surface area contributed by atoms with Gasteiger partial charge in [0.15, 0.2) is 0 Å². The lowest BCUT2D eigenvalue weighted by Gasteiger charge is -2.23. The van der Waals surface area contributed by atoms with E-state index in [1.165, 1.54) is 16.4 Å². The summed E-state index contributed by atoms with van der Waals surface area (Å²) < 4.78 is 32.7. The highest BCUT2D eigenvalue weighted by Crippen LogP contribution is 2.24. The SMILES string of the molecule is CCN(c1ccccc1)S(=O)(=O)c1cccc(C(=O)Nc2ccc(OC)cc2)c1. The van der Waals surface area contributed by atoms with Crippen LogP contribution in [0.3, 0.4) is 0 Å². The van der Waals surface area contributed by atoms with Gasteiger partial charge in [0.05, 0.1) is 17.7 Å². The highest BCUT2D eigenvalue weighted by Gasteiger charge is 2.24. The van der Waals surface area contributed by atoms with Gasteiger partial charge in [0.1, 0.15) is 5.75 Å². The number of ether oxygens (including phenoxy) is 1. The van der Waals surface area contributed by atoms with Gasteiger partial charge in [0, 0.05) is 17.8 Å². The van der Waals surface area contributed by atoms with E-state index in [0.717, 1.165) is 0 Å². The summed E-state index contributed by atoms with van der Waals surface area (Å²) in [5, 5.41) is 2.76. The molecule has 0 aliphatic rings. The monoisotopic (exact) mass is 410 g/mol. The molecule has 0 heterocycles. The molecule has 0 atom stereocenters. The number of rotatable bonds is 7. The Morgan fingerprint density at radius 1 is 0.966 bits per heavy atom. The Labute approximate surface area is 170 Å². The van der Waals surface area contributed by atoms with Crippen molar-refractivity contribution < 1.29 is 17.9 Å². The van der Waals surface area contributed by atoms with Gasteiger partial charge >= 0.3 is 0 Å². The quantitative estimate of drug-likeness (QED) is 0.635.